The Kier molecular flexibility index (Phi) is 5.46. The second-order valence-electron chi connectivity index (χ2n) is 5.23. The Morgan fingerprint density at radius 3 is 2.86 bits per heavy atom. The molecule has 1 aliphatic rings. The van der Waals surface area contributed by atoms with Gasteiger partial charge in [0.2, 0.25) is 5.91 Å². The van der Waals surface area contributed by atoms with Crippen molar-refractivity contribution in [3.8, 4) is 0 Å². The van der Waals surface area contributed by atoms with E-state index in [1.807, 2.05) is 0 Å². The Morgan fingerprint density at radius 1 is 1.45 bits per heavy atom. The van der Waals surface area contributed by atoms with Crippen LogP contribution in [0.25, 0.3) is 0 Å². The minimum Gasteiger partial charge on any atom is -0.468 e. The Hall–Kier alpha value is -1.99. The van der Waals surface area contributed by atoms with Crippen LogP contribution >= 0.6 is 0 Å². The number of carbonyl (C=O) groups excluding carboxylic acids is 2. The number of methoxy groups -OCH3 is 1. The zero-order valence-electron chi connectivity index (χ0n) is 12.3. The number of aliphatic hydroxyl groups is 1. The number of ether oxygens (including phenoxy) is 1. The molecule has 1 saturated heterocycles. The van der Waals surface area contributed by atoms with Crippen molar-refractivity contribution in [1.82, 2.24) is 10.2 Å². The van der Waals surface area contributed by atoms with Crippen molar-refractivity contribution in [3.63, 3.8) is 0 Å². The fraction of sp³-hybridized carbons (Fsp3) is 0.467. The number of amides is 1. The third-order valence-corrected chi connectivity index (χ3v) is 3.64. The van der Waals surface area contributed by atoms with E-state index in [-0.39, 0.29) is 37.8 Å². The lowest BCUT2D eigenvalue weighted by molar-refractivity contribution is -0.146. The molecule has 1 aromatic carbocycles. The third kappa shape index (κ3) is 4.02. The second kappa shape index (κ2) is 7.33. The normalized spacial score (nSPS) is 21.6. The number of benzene rings is 1. The molecule has 0 aliphatic carbocycles. The van der Waals surface area contributed by atoms with Crippen molar-refractivity contribution in [1.29, 1.82) is 0 Å². The molecular weight excluding hydrogens is 291 g/mol. The van der Waals surface area contributed by atoms with Gasteiger partial charge in [0.05, 0.1) is 19.8 Å². The van der Waals surface area contributed by atoms with Gasteiger partial charge in [0, 0.05) is 25.1 Å². The molecule has 0 unspecified atom stereocenters. The number of esters is 1. The number of halogens is 1. The largest absolute Gasteiger partial charge is 0.468 e. The number of likely N-dealkylation sites (tertiary alicyclic amines) is 1. The van der Waals surface area contributed by atoms with Crippen LogP contribution in [0.5, 0.6) is 0 Å². The van der Waals surface area contributed by atoms with Crippen LogP contribution in [0.4, 0.5) is 4.39 Å². The summed E-state index contributed by atoms with van der Waals surface area (Å²) in [5.74, 6) is -1.20. The number of hydrogen-bond donors (Lipinski definition) is 2. The number of carbonyl (C=O) groups is 2. The molecule has 2 rings (SSSR count). The maximum absolute atomic E-state index is 13.5. The highest BCUT2D eigenvalue weighted by Crippen LogP contribution is 2.18. The summed E-state index contributed by atoms with van der Waals surface area (Å²) in [6.45, 7) is 0.253. The maximum atomic E-state index is 13.5. The number of hydrogen-bond acceptors (Lipinski definition) is 5. The number of aliphatic hydroxyl groups excluding tert-OH is 1. The maximum Gasteiger partial charge on any atom is 0.323 e. The highest BCUT2D eigenvalue weighted by Gasteiger charge is 2.37. The van der Waals surface area contributed by atoms with Crippen LogP contribution in [0.1, 0.15) is 12.0 Å². The highest BCUT2D eigenvalue weighted by atomic mass is 19.1. The molecular formula is C15H19FN2O4. The van der Waals surface area contributed by atoms with E-state index in [0.29, 0.717) is 5.56 Å². The summed E-state index contributed by atoms with van der Waals surface area (Å²) in [7, 11) is 1.27. The molecule has 22 heavy (non-hydrogen) atoms. The van der Waals surface area contributed by atoms with Gasteiger partial charge in [-0.15, -0.1) is 0 Å². The predicted octanol–water partition coefficient (Wildman–Crippen LogP) is 0.0501. The summed E-state index contributed by atoms with van der Waals surface area (Å²) in [5.41, 5.74) is 0.391. The first kappa shape index (κ1) is 16.4. The average molecular weight is 310 g/mol. The Balaban J connectivity index is 1.88. The summed E-state index contributed by atoms with van der Waals surface area (Å²) >= 11 is 0. The highest BCUT2D eigenvalue weighted by molar-refractivity contribution is 5.80. The van der Waals surface area contributed by atoms with E-state index in [1.165, 1.54) is 13.2 Å². The molecule has 1 heterocycles. The summed E-state index contributed by atoms with van der Waals surface area (Å²) in [5, 5.41) is 12.2. The fourth-order valence-electron chi connectivity index (χ4n) is 2.51. The first-order valence-corrected chi connectivity index (χ1v) is 7.01. The lowest BCUT2D eigenvalue weighted by Gasteiger charge is -2.21. The smallest absolute Gasteiger partial charge is 0.323 e. The molecule has 2 atom stereocenters. The zero-order valence-corrected chi connectivity index (χ0v) is 12.3. The van der Waals surface area contributed by atoms with Gasteiger partial charge in [-0.1, -0.05) is 18.2 Å². The van der Waals surface area contributed by atoms with Gasteiger partial charge in [0.25, 0.3) is 0 Å². The Morgan fingerprint density at radius 2 is 2.18 bits per heavy atom. The summed E-state index contributed by atoms with van der Waals surface area (Å²) < 4.78 is 18.1. The van der Waals surface area contributed by atoms with Crippen LogP contribution < -0.4 is 5.32 Å². The van der Waals surface area contributed by atoms with Crippen LogP contribution in [-0.4, -0.2) is 54.2 Å². The minimum atomic E-state index is -0.663. The van der Waals surface area contributed by atoms with Gasteiger partial charge in [-0.3, -0.25) is 14.5 Å². The molecule has 2 N–H and O–H groups in total. The van der Waals surface area contributed by atoms with E-state index >= 15 is 0 Å². The molecule has 1 aliphatic heterocycles. The van der Waals surface area contributed by atoms with E-state index in [1.54, 1.807) is 23.1 Å². The second-order valence-corrected chi connectivity index (χ2v) is 5.23. The first-order chi connectivity index (χ1) is 10.5. The van der Waals surface area contributed by atoms with Crippen LogP contribution in [-0.2, 0) is 20.9 Å². The van der Waals surface area contributed by atoms with E-state index < -0.39 is 18.1 Å². The monoisotopic (exact) mass is 310 g/mol. The minimum absolute atomic E-state index is 0.0503. The van der Waals surface area contributed by atoms with Gasteiger partial charge in [-0.05, 0) is 6.07 Å². The Bertz CT molecular complexity index is 552. The third-order valence-electron chi connectivity index (χ3n) is 3.64. The molecule has 1 aromatic rings. The molecule has 1 amide bonds. The average Bonchev–Trinajstić information content (AvgIpc) is 2.86. The molecule has 120 valence electrons. The van der Waals surface area contributed by atoms with Gasteiger partial charge in [0.1, 0.15) is 11.9 Å². The molecule has 0 bridgehead atoms. The van der Waals surface area contributed by atoms with Gasteiger partial charge in [0.15, 0.2) is 0 Å². The molecule has 0 saturated carbocycles. The van der Waals surface area contributed by atoms with Crippen LogP contribution in [0, 0.1) is 5.82 Å². The van der Waals surface area contributed by atoms with E-state index in [4.69, 9.17) is 0 Å². The number of nitrogens with zero attached hydrogens (tertiary/aromatic N) is 1. The summed E-state index contributed by atoms with van der Waals surface area (Å²) in [6, 6.07) is 5.55. The van der Waals surface area contributed by atoms with Gasteiger partial charge >= 0.3 is 5.97 Å². The van der Waals surface area contributed by atoms with Gasteiger partial charge in [-0.2, -0.15) is 0 Å². The van der Waals surface area contributed by atoms with Crippen molar-refractivity contribution < 1.29 is 23.8 Å². The first-order valence-electron chi connectivity index (χ1n) is 7.01. The van der Waals surface area contributed by atoms with Gasteiger partial charge < -0.3 is 15.2 Å². The molecule has 0 aromatic heterocycles. The fourth-order valence-corrected chi connectivity index (χ4v) is 2.51. The standard InChI is InChI=1S/C15H19FN2O4/c1-22-15(21)13-6-11(19)8-18(13)9-14(20)17-7-10-4-2-3-5-12(10)16/h2-5,11,13,19H,6-9H2,1H3,(H,17,20)/t11-,13+/m1/s1. The summed E-state index contributed by atoms with van der Waals surface area (Å²) in [4.78, 5) is 25.1. The van der Waals surface area contributed by atoms with Crippen LogP contribution in [0.15, 0.2) is 24.3 Å². The molecule has 0 spiro atoms. The topological polar surface area (TPSA) is 78.9 Å². The van der Waals surface area contributed by atoms with Gasteiger partial charge in [-0.25, -0.2) is 4.39 Å². The predicted molar refractivity (Wildman–Crippen MR) is 76.2 cm³/mol. The van der Waals surface area contributed by atoms with Crippen molar-refractivity contribution in [2.75, 3.05) is 20.2 Å². The number of rotatable bonds is 5. The van der Waals surface area contributed by atoms with Crippen molar-refractivity contribution in [2.24, 2.45) is 0 Å². The quantitative estimate of drug-likeness (QED) is 0.751. The molecule has 0 radical (unpaired) electrons. The van der Waals surface area contributed by atoms with Crippen LogP contribution in [0.2, 0.25) is 0 Å². The summed E-state index contributed by atoms with van der Waals surface area (Å²) in [6.07, 6.45) is -0.420. The van der Waals surface area contributed by atoms with Crippen molar-refractivity contribution in [3.05, 3.63) is 35.6 Å². The zero-order chi connectivity index (χ0) is 16.1. The SMILES string of the molecule is COC(=O)[C@@H]1C[C@@H](O)CN1CC(=O)NCc1ccccc1F. The van der Waals surface area contributed by atoms with E-state index in [9.17, 15) is 19.1 Å². The molecule has 7 heteroatoms. The molecule has 6 nitrogen and oxygen atoms in total. The van der Waals surface area contributed by atoms with Crippen LogP contribution in [0.3, 0.4) is 0 Å². The lowest BCUT2D eigenvalue weighted by atomic mass is 10.2. The van der Waals surface area contributed by atoms with Crippen molar-refractivity contribution >= 4 is 11.9 Å². The number of nitrogens with one attached hydrogen (secondary N) is 1. The van der Waals surface area contributed by atoms with E-state index in [2.05, 4.69) is 10.1 Å². The van der Waals surface area contributed by atoms with Crippen molar-refractivity contribution in [2.45, 2.75) is 25.1 Å². The number of β-amino-alcohol motifs (C(OH)–C–C–N with tert-alkyl or cyclic N) is 1. The molecule has 1 fully saturated rings. The lowest BCUT2D eigenvalue weighted by Crippen LogP contribution is -2.43. The van der Waals surface area contributed by atoms with E-state index in [0.717, 1.165) is 0 Å². The Labute approximate surface area is 127 Å².